The fourth-order valence-corrected chi connectivity index (χ4v) is 3.68. The molecule has 0 amide bonds. The second kappa shape index (κ2) is 7.23. The van der Waals surface area contributed by atoms with Crippen LogP contribution >= 0.6 is 11.3 Å². The Morgan fingerprint density at radius 2 is 2.10 bits per heavy atom. The van der Waals surface area contributed by atoms with E-state index in [-0.39, 0.29) is 0 Å². The lowest BCUT2D eigenvalue weighted by atomic mass is 10.1. The summed E-state index contributed by atoms with van der Waals surface area (Å²) in [4.78, 5) is 8.53. The summed E-state index contributed by atoms with van der Waals surface area (Å²) in [6.45, 7) is 12.0. The van der Waals surface area contributed by atoms with Crippen molar-refractivity contribution in [3.63, 3.8) is 0 Å². The second-order valence-electron chi connectivity index (χ2n) is 5.66. The highest BCUT2D eigenvalue weighted by molar-refractivity contribution is 7.16. The lowest BCUT2D eigenvalue weighted by molar-refractivity contribution is 0.576. The SMILES string of the molecule is CCNC(C)C(C)=Cc1sc(N2CCCCC2)nc1C. The summed E-state index contributed by atoms with van der Waals surface area (Å²) in [6.07, 6.45) is 6.28. The number of nitrogens with one attached hydrogen (secondary N) is 1. The third-order valence-corrected chi connectivity index (χ3v) is 5.17. The lowest BCUT2D eigenvalue weighted by Gasteiger charge is -2.25. The molecule has 3 nitrogen and oxygen atoms in total. The van der Waals surface area contributed by atoms with Crippen molar-refractivity contribution in [3.8, 4) is 0 Å². The number of likely N-dealkylation sites (N-methyl/N-ethyl adjacent to an activating group) is 1. The average molecular weight is 293 g/mol. The molecule has 0 bridgehead atoms. The van der Waals surface area contributed by atoms with Crippen molar-refractivity contribution in [2.24, 2.45) is 0 Å². The van der Waals surface area contributed by atoms with E-state index in [1.807, 2.05) is 11.3 Å². The molecule has 0 saturated carbocycles. The van der Waals surface area contributed by atoms with Gasteiger partial charge < -0.3 is 10.2 Å². The molecule has 1 aromatic rings. The Bertz CT molecular complexity index is 458. The van der Waals surface area contributed by atoms with Crippen LogP contribution in [0.5, 0.6) is 0 Å². The van der Waals surface area contributed by atoms with E-state index in [1.165, 1.54) is 53.6 Å². The predicted octanol–water partition coefficient (Wildman–Crippen LogP) is 3.84. The molecule has 1 N–H and O–H groups in total. The van der Waals surface area contributed by atoms with E-state index in [2.05, 4.69) is 44.0 Å². The minimum absolute atomic E-state index is 0.430. The Balaban J connectivity index is 2.12. The summed E-state index contributed by atoms with van der Waals surface area (Å²) in [7, 11) is 0. The highest BCUT2D eigenvalue weighted by Gasteiger charge is 2.16. The first-order valence-corrected chi connectivity index (χ1v) is 8.57. The lowest BCUT2D eigenvalue weighted by Crippen LogP contribution is -2.29. The molecule has 1 saturated heterocycles. The number of nitrogens with zero attached hydrogens (tertiary/aromatic N) is 2. The van der Waals surface area contributed by atoms with Gasteiger partial charge in [0.05, 0.1) is 10.6 Å². The first-order chi connectivity index (χ1) is 9.61. The fourth-order valence-electron chi connectivity index (χ4n) is 2.55. The Labute approximate surface area is 127 Å². The van der Waals surface area contributed by atoms with Crippen molar-refractivity contribution >= 4 is 22.5 Å². The molecule has 1 aliphatic heterocycles. The number of rotatable bonds is 5. The van der Waals surface area contributed by atoms with E-state index in [4.69, 9.17) is 4.98 Å². The summed E-state index contributed by atoms with van der Waals surface area (Å²) < 4.78 is 0. The summed E-state index contributed by atoms with van der Waals surface area (Å²) in [5.41, 5.74) is 2.54. The number of hydrogen-bond donors (Lipinski definition) is 1. The molecule has 2 heterocycles. The van der Waals surface area contributed by atoms with E-state index in [9.17, 15) is 0 Å². The van der Waals surface area contributed by atoms with Gasteiger partial charge in [-0.25, -0.2) is 4.98 Å². The highest BCUT2D eigenvalue weighted by Crippen LogP contribution is 2.30. The van der Waals surface area contributed by atoms with Crippen LogP contribution in [-0.2, 0) is 0 Å². The number of aromatic nitrogens is 1. The van der Waals surface area contributed by atoms with Crippen LogP contribution in [0.3, 0.4) is 0 Å². The smallest absolute Gasteiger partial charge is 0.186 e. The molecule has 1 atom stereocenters. The van der Waals surface area contributed by atoms with Crippen molar-refractivity contribution in [1.82, 2.24) is 10.3 Å². The second-order valence-corrected chi connectivity index (χ2v) is 6.67. The van der Waals surface area contributed by atoms with Gasteiger partial charge in [0.15, 0.2) is 5.13 Å². The molecule has 20 heavy (non-hydrogen) atoms. The van der Waals surface area contributed by atoms with Gasteiger partial charge in [-0.1, -0.05) is 23.8 Å². The summed E-state index contributed by atoms with van der Waals surface area (Å²) in [6, 6.07) is 0.430. The summed E-state index contributed by atoms with van der Waals surface area (Å²) in [5.74, 6) is 0. The minimum Gasteiger partial charge on any atom is -0.348 e. The van der Waals surface area contributed by atoms with Crippen molar-refractivity contribution in [3.05, 3.63) is 16.1 Å². The van der Waals surface area contributed by atoms with Crippen LogP contribution in [0.1, 0.15) is 50.6 Å². The summed E-state index contributed by atoms with van der Waals surface area (Å²) >= 11 is 1.84. The normalized spacial score (nSPS) is 18.4. The van der Waals surface area contributed by atoms with Gasteiger partial charge >= 0.3 is 0 Å². The molecule has 4 heteroatoms. The third kappa shape index (κ3) is 3.83. The first kappa shape index (κ1) is 15.5. The topological polar surface area (TPSA) is 28.2 Å². The summed E-state index contributed by atoms with van der Waals surface area (Å²) in [5, 5.41) is 4.67. The zero-order valence-corrected chi connectivity index (χ0v) is 14.0. The van der Waals surface area contributed by atoms with Crippen LogP contribution in [0.4, 0.5) is 5.13 Å². The Morgan fingerprint density at radius 3 is 2.75 bits per heavy atom. The molecule has 0 aliphatic carbocycles. The monoisotopic (exact) mass is 293 g/mol. The standard InChI is InChI=1S/C16H27N3S/c1-5-17-13(3)12(2)11-15-14(4)18-16(20-15)19-9-7-6-8-10-19/h11,13,17H,5-10H2,1-4H3. The first-order valence-electron chi connectivity index (χ1n) is 7.75. The van der Waals surface area contributed by atoms with Crippen molar-refractivity contribution < 1.29 is 0 Å². The highest BCUT2D eigenvalue weighted by atomic mass is 32.1. The number of anilines is 1. The van der Waals surface area contributed by atoms with Gasteiger partial charge in [-0.15, -0.1) is 0 Å². The van der Waals surface area contributed by atoms with Crippen LogP contribution in [0.25, 0.3) is 6.08 Å². The van der Waals surface area contributed by atoms with E-state index >= 15 is 0 Å². The molecule has 112 valence electrons. The molecule has 0 radical (unpaired) electrons. The zero-order chi connectivity index (χ0) is 14.5. The van der Waals surface area contributed by atoms with Gasteiger partial charge in [-0.2, -0.15) is 0 Å². The Kier molecular flexibility index (Phi) is 5.61. The van der Waals surface area contributed by atoms with Crippen molar-refractivity contribution in [2.45, 2.75) is 53.0 Å². The van der Waals surface area contributed by atoms with Crippen LogP contribution in [0.15, 0.2) is 5.57 Å². The predicted molar refractivity (Wildman–Crippen MR) is 89.7 cm³/mol. The number of piperidine rings is 1. The minimum atomic E-state index is 0.430. The van der Waals surface area contributed by atoms with Crippen LogP contribution < -0.4 is 10.2 Å². The van der Waals surface area contributed by atoms with Crippen LogP contribution in [0, 0.1) is 6.92 Å². The van der Waals surface area contributed by atoms with E-state index < -0.39 is 0 Å². The quantitative estimate of drug-likeness (QED) is 0.894. The molecule has 1 fully saturated rings. The Morgan fingerprint density at radius 1 is 1.40 bits per heavy atom. The number of hydrogen-bond acceptors (Lipinski definition) is 4. The number of thiazole rings is 1. The largest absolute Gasteiger partial charge is 0.348 e. The molecule has 1 unspecified atom stereocenters. The average Bonchev–Trinajstić information content (AvgIpc) is 2.81. The van der Waals surface area contributed by atoms with Gasteiger partial charge in [0.2, 0.25) is 0 Å². The fraction of sp³-hybridized carbons (Fsp3) is 0.688. The molecule has 0 aromatic carbocycles. The molecule has 2 rings (SSSR count). The van der Waals surface area contributed by atoms with Crippen molar-refractivity contribution in [2.75, 3.05) is 24.5 Å². The van der Waals surface area contributed by atoms with Crippen LogP contribution in [-0.4, -0.2) is 30.7 Å². The van der Waals surface area contributed by atoms with E-state index in [0.717, 1.165) is 6.54 Å². The maximum absolute atomic E-state index is 4.77. The van der Waals surface area contributed by atoms with E-state index in [0.29, 0.717) is 6.04 Å². The molecule has 0 spiro atoms. The van der Waals surface area contributed by atoms with E-state index in [1.54, 1.807) is 0 Å². The molecule has 1 aromatic heterocycles. The zero-order valence-electron chi connectivity index (χ0n) is 13.2. The van der Waals surface area contributed by atoms with Crippen molar-refractivity contribution in [1.29, 1.82) is 0 Å². The van der Waals surface area contributed by atoms with Crippen LogP contribution in [0.2, 0.25) is 0 Å². The molecule has 1 aliphatic rings. The Hall–Kier alpha value is -0.870. The third-order valence-electron chi connectivity index (χ3n) is 4.00. The maximum Gasteiger partial charge on any atom is 0.186 e. The van der Waals surface area contributed by atoms with Gasteiger partial charge in [-0.3, -0.25) is 0 Å². The van der Waals surface area contributed by atoms with Gasteiger partial charge in [-0.05, 0) is 52.7 Å². The molecular formula is C16H27N3S. The van der Waals surface area contributed by atoms with Gasteiger partial charge in [0.1, 0.15) is 0 Å². The van der Waals surface area contributed by atoms with Gasteiger partial charge in [0, 0.05) is 19.1 Å². The number of aryl methyl sites for hydroxylation is 1. The maximum atomic E-state index is 4.77. The van der Waals surface area contributed by atoms with Gasteiger partial charge in [0.25, 0.3) is 0 Å². The molecular weight excluding hydrogens is 266 g/mol.